The Morgan fingerprint density at radius 3 is 2.17 bits per heavy atom. The fourth-order valence-electron chi connectivity index (χ4n) is 2.98. The molecule has 0 aromatic heterocycles. The van der Waals surface area contributed by atoms with Crippen molar-refractivity contribution >= 4 is 11.7 Å². The molecule has 0 heterocycles. The highest BCUT2D eigenvalue weighted by atomic mass is 16.5. The van der Waals surface area contributed by atoms with Gasteiger partial charge in [0.25, 0.3) is 0 Å². The van der Waals surface area contributed by atoms with Crippen molar-refractivity contribution in [1.29, 1.82) is 0 Å². The zero-order chi connectivity index (χ0) is 20.7. The highest BCUT2D eigenvalue weighted by Crippen LogP contribution is 2.25. The number of urea groups is 1. The van der Waals surface area contributed by atoms with E-state index in [9.17, 15) is 9.90 Å². The summed E-state index contributed by atoms with van der Waals surface area (Å²) in [5.74, 6) is 0.750. The van der Waals surface area contributed by atoms with Crippen LogP contribution in [-0.2, 0) is 5.60 Å². The molecule has 0 radical (unpaired) electrons. The van der Waals surface area contributed by atoms with E-state index < -0.39 is 5.60 Å². The number of benzene rings is 3. The van der Waals surface area contributed by atoms with Crippen LogP contribution in [0, 0.1) is 0 Å². The third kappa shape index (κ3) is 5.59. The van der Waals surface area contributed by atoms with E-state index in [4.69, 9.17) is 4.74 Å². The Morgan fingerprint density at radius 1 is 0.931 bits per heavy atom. The van der Waals surface area contributed by atoms with E-state index >= 15 is 0 Å². The van der Waals surface area contributed by atoms with Gasteiger partial charge in [-0.05, 0) is 54.8 Å². The summed E-state index contributed by atoms with van der Waals surface area (Å²) < 4.78 is 5.38. The highest BCUT2D eigenvalue weighted by molar-refractivity contribution is 5.89. The zero-order valence-corrected chi connectivity index (χ0v) is 16.7. The first-order valence-electron chi connectivity index (χ1n) is 9.64. The molecule has 0 bridgehead atoms. The number of hydrogen-bond acceptors (Lipinski definition) is 3. The summed E-state index contributed by atoms with van der Waals surface area (Å²) >= 11 is 0. The molecule has 29 heavy (non-hydrogen) atoms. The highest BCUT2D eigenvalue weighted by Gasteiger charge is 2.23. The van der Waals surface area contributed by atoms with Crippen LogP contribution in [0.15, 0.2) is 78.9 Å². The predicted octanol–water partition coefficient (Wildman–Crippen LogP) is 4.78. The molecule has 5 heteroatoms. The van der Waals surface area contributed by atoms with E-state index in [1.165, 1.54) is 0 Å². The molecule has 3 N–H and O–H groups in total. The predicted molar refractivity (Wildman–Crippen MR) is 116 cm³/mol. The van der Waals surface area contributed by atoms with E-state index in [2.05, 4.69) is 10.6 Å². The van der Waals surface area contributed by atoms with Crippen molar-refractivity contribution in [1.82, 2.24) is 5.32 Å². The minimum atomic E-state index is -1.19. The van der Waals surface area contributed by atoms with Gasteiger partial charge in [-0.1, -0.05) is 54.6 Å². The standard InChI is InChI=1S/C24H26N2O3/c1-3-29-22-15-13-21(14-16-22)26-23(27)25-17-24(2,28)20-11-9-19(10-12-20)18-7-5-4-6-8-18/h4-16,28H,3,17H2,1-2H3,(H2,25,26,27). The van der Waals surface area contributed by atoms with Gasteiger partial charge in [0.15, 0.2) is 0 Å². The van der Waals surface area contributed by atoms with Crippen molar-refractivity contribution < 1.29 is 14.6 Å². The summed E-state index contributed by atoms with van der Waals surface area (Å²) in [5.41, 5.74) is 2.39. The van der Waals surface area contributed by atoms with Crippen LogP contribution in [0.3, 0.4) is 0 Å². The van der Waals surface area contributed by atoms with Gasteiger partial charge in [0.2, 0.25) is 0 Å². The molecule has 1 unspecified atom stereocenters. The molecule has 2 amide bonds. The Balaban J connectivity index is 1.56. The van der Waals surface area contributed by atoms with Gasteiger partial charge in [-0.15, -0.1) is 0 Å². The summed E-state index contributed by atoms with van der Waals surface area (Å²) in [6.07, 6.45) is 0. The van der Waals surface area contributed by atoms with Crippen molar-refractivity contribution in [2.75, 3.05) is 18.5 Å². The molecule has 3 aromatic carbocycles. The second-order valence-electron chi connectivity index (χ2n) is 6.98. The summed E-state index contributed by atoms with van der Waals surface area (Å²) in [5, 5.41) is 16.3. The van der Waals surface area contributed by atoms with Gasteiger partial charge >= 0.3 is 6.03 Å². The fraction of sp³-hybridized carbons (Fsp3) is 0.208. The largest absolute Gasteiger partial charge is 0.494 e. The summed E-state index contributed by atoms with van der Waals surface area (Å²) in [6.45, 7) is 4.28. The van der Waals surface area contributed by atoms with Crippen molar-refractivity contribution in [2.24, 2.45) is 0 Å². The Kier molecular flexibility index (Phi) is 6.52. The molecule has 0 saturated heterocycles. The average molecular weight is 390 g/mol. The molecule has 5 nitrogen and oxygen atoms in total. The van der Waals surface area contributed by atoms with E-state index in [1.807, 2.05) is 61.5 Å². The number of anilines is 1. The summed E-state index contributed by atoms with van der Waals surface area (Å²) in [7, 11) is 0. The van der Waals surface area contributed by atoms with Crippen LogP contribution in [0.5, 0.6) is 5.75 Å². The molecule has 3 rings (SSSR count). The number of carbonyl (C=O) groups is 1. The third-order valence-corrected chi connectivity index (χ3v) is 4.63. The van der Waals surface area contributed by atoms with Crippen LogP contribution < -0.4 is 15.4 Å². The van der Waals surface area contributed by atoms with Crippen molar-refractivity contribution in [3.63, 3.8) is 0 Å². The second-order valence-corrected chi connectivity index (χ2v) is 6.98. The van der Waals surface area contributed by atoms with E-state index in [-0.39, 0.29) is 12.6 Å². The van der Waals surface area contributed by atoms with Crippen LogP contribution in [0.1, 0.15) is 19.4 Å². The Morgan fingerprint density at radius 2 is 1.55 bits per heavy atom. The molecule has 3 aromatic rings. The van der Waals surface area contributed by atoms with Crippen molar-refractivity contribution in [3.05, 3.63) is 84.4 Å². The maximum absolute atomic E-state index is 12.2. The molecule has 0 aliphatic heterocycles. The Bertz CT molecular complexity index is 921. The van der Waals surface area contributed by atoms with Crippen LogP contribution in [-0.4, -0.2) is 24.3 Å². The number of hydrogen-bond donors (Lipinski definition) is 3. The van der Waals surface area contributed by atoms with E-state index in [0.717, 1.165) is 22.4 Å². The Hall–Kier alpha value is -3.31. The number of nitrogens with one attached hydrogen (secondary N) is 2. The first-order valence-corrected chi connectivity index (χ1v) is 9.64. The van der Waals surface area contributed by atoms with E-state index in [0.29, 0.717) is 12.3 Å². The molecule has 0 spiro atoms. The molecular weight excluding hydrogens is 364 g/mol. The van der Waals surface area contributed by atoms with Gasteiger partial charge in [-0.25, -0.2) is 4.79 Å². The lowest BCUT2D eigenvalue weighted by Gasteiger charge is -2.24. The van der Waals surface area contributed by atoms with E-state index in [1.54, 1.807) is 31.2 Å². The number of rotatable bonds is 7. The van der Waals surface area contributed by atoms with Gasteiger partial charge in [-0.3, -0.25) is 0 Å². The van der Waals surface area contributed by atoms with Crippen molar-refractivity contribution in [3.8, 4) is 16.9 Å². The Labute approximate surface area is 171 Å². The zero-order valence-electron chi connectivity index (χ0n) is 16.7. The SMILES string of the molecule is CCOc1ccc(NC(=O)NCC(C)(O)c2ccc(-c3ccccc3)cc2)cc1. The molecular formula is C24H26N2O3. The lowest BCUT2D eigenvalue weighted by molar-refractivity contribution is 0.0600. The van der Waals surface area contributed by atoms with Crippen LogP contribution in [0.4, 0.5) is 10.5 Å². The number of ether oxygens (including phenoxy) is 1. The van der Waals surface area contributed by atoms with Gasteiger partial charge in [0.05, 0.1) is 13.2 Å². The first-order chi connectivity index (χ1) is 14.0. The molecule has 0 fully saturated rings. The van der Waals surface area contributed by atoms with Gasteiger partial charge in [-0.2, -0.15) is 0 Å². The van der Waals surface area contributed by atoms with Gasteiger partial charge in [0, 0.05) is 5.69 Å². The topological polar surface area (TPSA) is 70.6 Å². The van der Waals surface area contributed by atoms with Crippen LogP contribution in [0.2, 0.25) is 0 Å². The summed E-state index contributed by atoms with van der Waals surface area (Å²) in [6, 6.07) is 24.5. The van der Waals surface area contributed by atoms with Crippen LogP contribution >= 0.6 is 0 Å². The smallest absolute Gasteiger partial charge is 0.319 e. The lowest BCUT2D eigenvalue weighted by atomic mass is 9.94. The number of carbonyl (C=O) groups excluding carboxylic acids is 1. The van der Waals surface area contributed by atoms with Crippen molar-refractivity contribution in [2.45, 2.75) is 19.4 Å². The summed E-state index contributed by atoms with van der Waals surface area (Å²) in [4.78, 5) is 12.2. The molecule has 150 valence electrons. The lowest BCUT2D eigenvalue weighted by Crippen LogP contribution is -2.40. The maximum Gasteiger partial charge on any atom is 0.319 e. The molecule has 1 atom stereocenters. The third-order valence-electron chi connectivity index (χ3n) is 4.63. The van der Waals surface area contributed by atoms with Gasteiger partial charge in [0.1, 0.15) is 11.4 Å². The fourth-order valence-corrected chi connectivity index (χ4v) is 2.98. The molecule has 0 aliphatic carbocycles. The second kappa shape index (κ2) is 9.26. The minimum Gasteiger partial charge on any atom is -0.494 e. The molecule has 0 saturated carbocycles. The molecule has 0 aliphatic rings. The monoisotopic (exact) mass is 390 g/mol. The maximum atomic E-state index is 12.2. The number of amides is 2. The van der Waals surface area contributed by atoms with Crippen LogP contribution in [0.25, 0.3) is 11.1 Å². The minimum absolute atomic E-state index is 0.0839. The first kappa shape index (κ1) is 20.4. The van der Waals surface area contributed by atoms with Gasteiger partial charge < -0.3 is 20.5 Å². The quantitative estimate of drug-likeness (QED) is 0.544. The normalized spacial score (nSPS) is 12.7. The number of aliphatic hydroxyl groups is 1. The average Bonchev–Trinajstić information content (AvgIpc) is 2.75.